The zero-order valence-electron chi connectivity index (χ0n) is 14.7. The summed E-state index contributed by atoms with van der Waals surface area (Å²) in [5.41, 5.74) is -2.32. The Morgan fingerprint density at radius 1 is 1.33 bits per heavy atom. The molecule has 2 aliphatic rings. The summed E-state index contributed by atoms with van der Waals surface area (Å²) in [5, 5.41) is 21.4. The summed E-state index contributed by atoms with van der Waals surface area (Å²) in [5.74, 6) is -0.580. The predicted molar refractivity (Wildman–Crippen MR) is 83.3 cm³/mol. The molecule has 8 nitrogen and oxygen atoms in total. The number of fused-ring (bicyclic) bond motifs is 2. The highest BCUT2D eigenvalue weighted by Crippen LogP contribution is 2.37. The standard InChI is InChI=1S/C16H27NO7/c1-5-23-12(18)7-16(21)6-10-8-22-9-11(13(16)19)17(10)14(20)24-15(2,3)4/h10-11,13,19,21H,5-9H2,1-4H3. The number of hydrogen-bond donors (Lipinski definition) is 2. The van der Waals surface area contributed by atoms with Gasteiger partial charge in [-0.2, -0.15) is 0 Å². The highest BCUT2D eigenvalue weighted by Gasteiger charge is 2.56. The van der Waals surface area contributed by atoms with Crippen LogP contribution in [0.3, 0.4) is 0 Å². The Labute approximate surface area is 141 Å². The Balaban J connectivity index is 2.18. The summed E-state index contributed by atoms with van der Waals surface area (Å²) >= 11 is 0. The highest BCUT2D eigenvalue weighted by atomic mass is 16.6. The molecule has 2 N–H and O–H groups in total. The van der Waals surface area contributed by atoms with Gasteiger partial charge in [0.25, 0.3) is 0 Å². The number of hydrogen-bond acceptors (Lipinski definition) is 7. The number of carbonyl (C=O) groups is 2. The fourth-order valence-corrected chi connectivity index (χ4v) is 3.28. The average Bonchev–Trinajstić information content (AvgIpc) is 2.43. The molecular weight excluding hydrogens is 318 g/mol. The Morgan fingerprint density at radius 3 is 2.58 bits per heavy atom. The number of rotatable bonds is 3. The second-order valence-electron chi connectivity index (χ2n) is 7.38. The third kappa shape index (κ3) is 3.99. The SMILES string of the molecule is CCOC(=O)CC1(O)CC2COCC(C1O)N2C(=O)OC(C)(C)C. The molecule has 2 heterocycles. The van der Waals surface area contributed by atoms with Crippen molar-refractivity contribution in [3.05, 3.63) is 0 Å². The first kappa shape index (κ1) is 19.0. The van der Waals surface area contributed by atoms with Gasteiger partial charge in [0.05, 0.1) is 38.3 Å². The molecular formula is C16H27NO7. The molecule has 24 heavy (non-hydrogen) atoms. The summed E-state index contributed by atoms with van der Waals surface area (Å²) in [6, 6.07) is -1.24. The van der Waals surface area contributed by atoms with Crippen molar-refractivity contribution in [2.75, 3.05) is 19.8 Å². The number of ether oxygens (including phenoxy) is 3. The van der Waals surface area contributed by atoms with E-state index in [1.165, 1.54) is 4.90 Å². The van der Waals surface area contributed by atoms with E-state index in [1.807, 2.05) is 0 Å². The molecule has 138 valence electrons. The molecule has 0 saturated carbocycles. The fraction of sp³-hybridized carbons (Fsp3) is 0.875. The Kier molecular flexibility index (Phi) is 5.41. The number of carbonyl (C=O) groups excluding carboxylic acids is 2. The van der Waals surface area contributed by atoms with Crippen molar-refractivity contribution in [1.29, 1.82) is 0 Å². The molecule has 2 rings (SSSR count). The number of amides is 1. The number of nitrogens with zero attached hydrogens (tertiary/aromatic N) is 1. The second kappa shape index (κ2) is 6.85. The largest absolute Gasteiger partial charge is 0.466 e. The van der Waals surface area contributed by atoms with Crippen LogP contribution in [0.2, 0.25) is 0 Å². The van der Waals surface area contributed by atoms with Crippen LogP contribution in [-0.4, -0.2) is 76.4 Å². The summed E-state index contributed by atoms with van der Waals surface area (Å²) in [4.78, 5) is 25.7. The van der Waals surface area contributed by atoms with Crippen LogP contribution in [0.25, 0.3) is 0 Å². The van der Waals surface area contributed by atoms with E-state index in [-0.39, 0.29) is 32.7 Å². The molecule has 4 unspecified atom stereocenters. The van der Waals surface area contributed by atoms with Gasteiger partial charge in [-0.25, -0.2) is 4.79 Å². The first-order valence-corrected chi connectivity index (χ1v) is 8.22. The molecule has 0 aromatic heterocycles. The van der Waals surface area contributed by atoms with Crippen molar-refractivity contribution in [2.45, 2.75) is 69.9 Å². The third-order valence-electron chi connectivity index (χ3n) is 4.21. The van der Waals surface area contributed by atoms with Gasteiger partial charge in [-0.15, -0.1) is 0 Å². The lowest BCUT2D eigenvalue weighted by molar-refractivity contribution is -0.206. The molecule has 2 aliphatic heterocycles. The normalized spacial score (nSPS) is 33.1. The van der Waals surface area contributed by atoms with Crippen LogP contribution in [0, 0.1) is 0 Å². The van der Waals surface area contributed by atoms with Gasteiger partial charge in [0.15, 0.2) is 0 Å². The lowest BCUT2D eigenvalue weighted by Crippen LogP contribution is -2.71. The molecule has 8 heteroatoms. The molecule has 1 amide bonds. The van der Waals surface area contributed by atoms with E-state index >= 15 is 0 Å². The van der Waals surface area contributed by atoms with Crippen molar-refractivity contribution in [3.8, 4) is 0 Å². The minimum Gasteiger partial charge on any atom is -0.466 e. The van der Waals surface area contributed by atoms with Gasteiger partial charge < -0.3 is 24.4 Å². The zero-order chi connectivity index (χ0) is 18.1. The van der Waals surface area contributed by atoms with Crippen LogP contribution in [-0.2, 0) is 19.0 Å². The Bertz CT molecular complexity index is 489. The number of piperidine rings is 1. The van der Waals surface area contributed by atoms with E-state index in [0.717, 1.165) is 0 Å². The van der Waals surface area contributed by atoms with Crippen LogP contribution in [0.4, 0.5) is 4.79 Å². The minimum atomic E-state index is -1.65. The van der Waals surface area contributed by atoms with E-state index in [9.17, 15) is 19.8 Å². The van der Waals surface area contributed by atoms with Gasteiger partial charge in [-0.05, 0) is 27.7 Å². The van der Waals surface area contributed by atoms with Crippen molar-refractivity contribution >= 4 is 12.1 Å². The molecule has 2 saturated heterocycles. The summed E-state index contributed by atoms with van der Waals surface area (Å²) in [7, 11) is 0. The minimum absolute atomic E-state index is 0.0166. The van der Waals surface area contributed by atoms with Crippen LogP contribution >= 0.6 is 0 Å². The van der Waals surface area contributed by atoms with E-state index in [0.29, 0.717) is 0 Å². The van der Waals surface area contributed by atoms with Crippen molar-refractivity contribution in [3.63, 3.8) is 0 Å². The maximum Gasteiger partial charge on any atom is 0.411 e. The Hall–Kier alpha value is -1.38. The zero-order valence-corrected chi connectivity index (χ0v) is 14.7. The quantitative estimate of drug-likeness (QED) is 0.715. The smallest absolute Gasteiger partial charge is 0.411 e. The van der Waals surface area contributed by atoms with Crippen LogP contribution in [0.1, 0.15) is 40.5 Å². The molecule has 0 aliphatic carbocycles. The van der Waals surface area contributed by atoms with E-state index < -0.39 is 41.5 Å². The van der Waals surface area contributed by atoms with Gasteiger partial charge in [-0.1, -0.05) is 0 Å². The molecule has 0 aromatic rings. The fourth-order valence-electron chi connectivity index (χ4n) is 3.28. The van der Waals surface area contributed by atoms with Crippen molar-refractivity contribution < 1.29 is 34.0 Å². The van der Waals surface area contributed by atoms with Crippen LogP contribution in [0.15, 0.2) is 0 Å². The van der Waals surface area contributed by atoms with Crippen molar-refractivity contribution in [1.82, 2.24) is 4.90 Å². The lowest BCUT2D eigenvalue weighted by atomic mass is 9.77. The van der Waals surface area contributed by atoms with Crippen LogP contribution in [0.5, 0.6) is 0 Å². The average molecular weight is 345 g/mol. The molecule has 0 radical (unpaired) electrons. The van der Waals surface area contributed by atoms with Gasteiger partial charge >= 0.3 is 12.1 Å². The molecule has 2 fully saturated rings. The van der Waals surface area contributed by atoms with E-state index in [4.69, 9.17) is 14.2 Å². The topological polar surface area (TPSA) is 106 Å². The van der Waals surface area contributed by atoms with Gasteiger partial charge in [-0.3, -0.25) is 9.69 Å². The number of aliphatic hydroxyl groups is 2. The summed E-state index contributed by atoms with van der Waals surface area (Å²) < 4.78 is 15.7. The van der Waals surface area contributed by atoms with Crippen LogP contribution < -0.4 is 0 Å². The van der Waals surface area contributed by atoms with Crippen molar-refractivity contribution in [2.24, 2.45) is 0 Å². The Morgan fingerprint density at radius 2 is 2.00 bits per heavy atom. The van der Waals surface area contributed by atoms with Gasteiger partial charge in [0.1, 0.15) is 17.3 Å². The molecule has 2 bridgehead atoms. The van der Waals surface area contributed by atoms with E-state index in [1.54, 1.807) is 27.7 Å². The maximum absolute atomic E-state index is 12.5. The number of aliphatic hydroxyl groups excluding tert-OH is 1. The molecule has 0 aromatic carbocycles. The molecule has 0 spiro atoms. The number of morpholine rings is 1. The summed E-state index contributed by atoms with van der Waals surface area (Å²) in [6.07, 6.45) is -2.19. The van der Waals surface area contributed by atoms with Gasteiger partial charge in [0.2, 0.25) is 0 Å². The predicted octanol–water partition coefficient (Wildman–Crippen LogP) is 0.440. The third-order valence-corrected chi connectivity index (χ3v) is 4.21. The summed E-state index contributed by atoms with van der Waals surface area (Å²) in [6.45, 7) is 7.44. The first-order chi connectivity index (χ1) is 11.1. The second-order valence-corrected chi connectivity index (χ2v) is 7.38. The maximum atomic E-state index is 12.5. The number of esters is 1. The monoisotopic (exact) mass is 345 g/mol. The molecule has 4 atom stereocenters. The van der Waals surface area contributed by atoms with Gasteiger partial charge in [0, 0.05) is 6.42 Å². The first-order valence-electron chi connectivity index (χ1n) is 8.22. The lowest BCUT2D eigenvalue weighted by Gasteiger charge is -2.53. The highest BCUT2D eigenvalue weighted by molar-refractivity contribution is 5.72. The van der Waals surface area contributed by atoms with E-state index in [2.05, 4.69) is 0 Å².